The normalized spacial score (nSPS) is 12.6. The Morgan fingerprint density at radius 2 is 2.14 bits per heavy atom. The highest BCUT2D eigenvalue weighted by Crippen LogP contribution is 2.34. The van der Waals surface area contributed by atoms with Gasteiger partial charge in [0.05, 0.1) is 6.10 Å². The van der Waals surface area contributed by atoms with E-state index >= 15 is 0 Å². The minimum atomic E-state index is -0.821. The number of hydrogen-bond acceptors (Lipinski definition) is 3. The fraction of sp³-hybridized carbons (Fsp3) is 0.235. The van der Waals surface area contributed by atoms with Gasteiger partial charge in [0.25, 0.3) is 0 Å². The van der Waals surface area contributed by atoms with Crippen LogP contribution in [0.1, 0.15) is 30.2 Å². The van der Waals surface area contributed by atoms with Gasteiger partial charge >= 0.3 is 5.97 Å². The maximum absolute atomic E-state index is 10.5. The van der Waals surface area contributed by atoms with E-state index in [0.717, 1.165) is 26.9 Å². The molecule has 0 aliphatic heterocycles. The fourth-order valence-corrected chi connectivity index (χ4v) is 3.50. The number of carboxylic acid groups (broad SMARTS) is 1. The van der Waals surface area contributed by atoms with Gasteiger partial charge in [0.1, 0.15) is 0 Å². The summed E-state index contributed by atoms with van der Waals surface area (Å²) >= 11 is 1.51. The molecule has 3 aromatic rings. The molecule has 5 heteroatoms. The minimum Gasteiger partial charge on any atom is -0.481 e. The number of aromatic amines is 1. The Labute approximate surface area is 132 Å². The van der Waals surface area contributed by atoms with Crippen LogP contribution in [-0.2, 0) is 4.79 Å². The van der Waals surface area contributed by atoms with Crippen LogP contribution in [0.5, 0.6) is 0 Å². The Balaban J connectivity index is 1.77. The topological polar surface area (TPSA) is 73.3 Å². The van der Waals surface area contributed by atoms with Crippen molar-refractivity contribution < 1.29 is 15.0 Å². The Morgan fingerprint density at radius 3 is 2.95 bits per heavy atom. The summed E-state index contributed by atoms with van der Waals surface area (Å²) in [5, 5.41) is 22.0. The molecule has 2 heterocycles. The zero-order chi connectivity index (χ0) is 15.5. The zero-order valence-electron chi connectivity index (χ0n) is 12.0. The van der Waals surface area contributed by atoms with Crippen LogP contribution in [0, 0.1) is 0 Å². The molecular weight excluding hydrogens is 298 g/mol. The zero-order valence-corrected chi connectivity index (χ0v) is 12.8. The second kappa shape index (κ2) is 6.34. The predicted octanol–water partition coefficient (Wildman–Crippen LogP) is 4.18. The summed E-state index contributed by atoms with van der Waals surface area (Å²) in [6.45, 7) is 0. The van der Waals surface area contributed by atoms with Gasteiger partial charge in [0, 0.05) is 34.0 Å². The summed E-state index contributed by atoms with van der Waals surface area (Å²) in [6, 6.07) is 10.1. The fourth-order valence-electron chi connectivity index (χ4n) is 2.57. The number of aliphatic hydroxyl groups excluding tert-OH is 1. The number of rotatable bonds is 6. The summed E-state index contributed by atoms with van der Waals surface area (Å²) in [5.74, 6) is -0.821. The number of H-pyrrole nitrogens is 1. The molecule has 0 fully saturated rings. The molecule has 0 aliphatic rings. The summed E-state index contributed by atoms with van der Waals surface area (Å²) in [7, 11) is 0. The maximum atomic E-state index is 10.5. The van der Waals surface area contributed by atoms with E-state index in [9.17, 15) is 9.90 Å². The molecule has 0 saturated heterocycles. The number of carbonyl (C=O) groups is 1. The molecule has 0 bridgehead atoms. The van der Waals surface area contributed by atoms with Gasteiger partial charge in [-0.15, -0.1) is 11.3 Å². The molecule has 1 unspecified atom stereocenters. The lowest BCUT2D eigenvalue weighted by atomic mass is 10.1. The quantitative estimate of drug-likeness (QED) is 0.638. The lowest BCUT2D eigenvalue weighted by molar-refractivity contribution is -0.137. The lowest BCUT2D eigenvalue weighted by Gasteiger charge is -2.06. The number of thiophene rings is 1. The first kappa shape index (κ1) is 14.8. The van der Waals surface area contributed by atoms with Crippen LogP contribution in [-0.4, -0.2) is 21.2 Å². The number of aromatic nitrogens is 1. The van der Waals surface area contributed by atoms with Crippen LogP contribution in [0.15, 0.2) is 41.9 Å². The van der Waals surface area contributed by atoms with E-state index in [1.54, 1.807) is 0 Å². The highest BCUT2D eigenvalue weighted by molar-refractivity contribution is 7.10. The van der Waals surface area contributed by atoms with Gasteiger partial charge in [-0.05, 0) is 35.9 Å². The second-order valence-electron chi connectivity index (χ2n) is 5.29. The molecule has 2 aromatic heterocycles. The molecule has 22 heavy (non-hydrogen) atoms. The van der Waals surface area contributed by atoms with E-state index in [0.29, 0.717) is 12.8 Å². The van der Waals surface area contributed by atoms with E-state index in [1.807, 2.05) is 35.8 Å². The first-order valence-corrected chi connectivity index (χ1v) is 8.08. The SMILES string of the molecule is O=C(O)CCCC(O)c1cc(-c2c[nH]c3ccccc23)cs1. The van der Waals surface area contributed by atoms with Crippen molar-refractivity contribution in [2.45, 2.75) is 25.4 Å². The van der Waals surface area contributed by atoms with Crippen LogP contribution >= 0.6 is 11.3 Å². The molecular formula is C17H17NO3S. The van der Waals surface area contributed by atoms with E-state index in [2.05, 4.69) is 11.1 Å². The molecule has 0 saturated carbocycles. The molecule has 0 amide bonds. The number of carboxylic acids is 1. The van der Waals surface area contributed by atoms with Crippen molar-refractivity contribution in [1.29, 1.82) is 0 Å². The van der Waals surface area contributed by atoms with Crippen molar-refractivity contribution in [3.63, 3.8) is 0 Å². The summed E-state index contributed by atoms with van der Waals surface area (Å²) in [4.78, 5) is 14.6. The van der Waals surface area contributed by atoms with E-state index in [4.69, 9.17) is 5.11 Å². The molecule has 4 nitrogen and oxygen atoms in total. The van der Waals surface area contributed by atoms with Gasteiger partial charge in [0.2, 0.25) is 0 Å². The average Bonchev–Trinajstić information content (AvgIpc) is 3.13. The van der Waals surface area contributed by atoms with Crippen molar-refractivity contribution >= 4 is 28.2 Å². The number of hydrogen-bond donors (Lipinski definition) is 3. The Morgan fingerprint density at radius 1 is 1.32 bits per heavy atom. The van der Waals surface area contributed by atoms with Gasteiger partial charge in [-0.3, -0.25) is 4.79 Å². The van der Waals surface area contributed by atoms with Crippen LogP contribution in [0.4, 0.5) is 0 Å². The number of para-hydroxylation sites is 1. The molecule has 0 spiro atoms. The predicted molar refractivity (Wildman–Crippen MR) is 88.1 cm³/mol. The highest BCUT2D eigenvalue weighted by Gasteiger charge is 2.13. The second-order valence-corrected chi connectivity index (χ2v) is 6.23. The monoisotopic (exact) mass is 315 g/mol. The molecule has 1 aromatic carbocycles. The Bertz CT molecular complexity index is 790. The molecule has 0 aliphatic carbocycles. The molecule has 0 radical (unpaired) electrons. The van der Waals surface area contributed by atoms with Crippen molar-refractivity contribution in [1.82, 2.24) is 4.98 Å². The third-order valence-corrected chi connectivity index (χ3v) is 4.75. The van der Waals surface area contributed by atoms with Crippen molar-refractivity contribution in [3.05, 3.63) is 46.8 Å². The van der Waals surface area contributed by atoms with E-state index < -0.39 is 12.1 Å². The third kappa shape index (κ3) is 3.05. The van der Waals surface area contributed by atoms with E-state index in [-0.39, 0.29) is 6.42 Å². The summed E-state index contributed by atoms with van der Waals surface area (Å²) in [6.07, 6.45) is 2.44. The number of aliphatic carboxylic acids is 1. The molecule has 3 rings (SSSR count). The average molecular weight is 315 g/mol. The Kier molecular flexibility index (Phi) is 4.27. The molecule has 114 valence electrons. The lowest BCUT2D eigenvalue weighted by Crippen LogP contribution is -1.98. The smallest absolute Gasteiger partial charge is 0.303 e. The van der Waals surface area contributed by atoms with E-state index in [1.165, 1.54) is 11.3 Å². The molecule has 1 atom stereocenters. The van der Waals surface area contributed by atoms with Gasteiger partial charge in [-0.2, -0.15) is 0 Å². The van der Waals surface area contributed by atoms with Gasteiger partial charge < -0.3 is 15.2 Å². The number of nitrogens with one attached hydrogen (secondary N) is 1. The van der Waals surface area contributed by atoms with Crippen LogP contribution in [0.2, 0.25) is 0 Å². The third-order valence-electron chi connectivity index (χ3n) is 3.72. The van der Waals surface area contributed by atoms with Crippen LogP contribution in [0.3, 0.4) is 0 Å². The number of fused-ring (bicyclic) bond motifs is 1. The van der Waals surface area contributed by atoms with Crippen molar-refractivity contribution in [3.8, 4) is 11.1 Å². The standard InChI is InChI=1S/C17H17NO3S/c19-15(6-3-7-17(20)21)16-8-11(10-22-16)13-9-18-14-5-2-1-4-12(13)14/h1-2,4-5,8-10,15,18-19H,3,6-7H2,(H,20,21). The summed E-state index contributed by atoms with van der Waals surface area (Å²) in [5.41, 5.74) is 3.29. The van der Waals surface area contributed by atoms with Gasteiger partial charge in [-0.1, -0.05) is 18.2 Å². The van der Waals surface area contributed by atoms with Crippen LogP contribution in [0.25, 0.3) is 22.0 Å². The number of aliphatic hydroxyl groups is 1. The van der Waals surface area contributed by atoms with Crippen molar-refractivity contribution in [2.24, 2.45) is 0 Å². The van der Waals surface area contributed by atoms with Gasteiger partial charge in [0.15, 0.2) is 0 Å². The first-order chi connectivity index (χ1) is 10.6. The molecule has 3 N–H and O–H groups in total. The minimum absolute atomic E-state index is 0.0950. The van der Waals surface area contributed by atoms with Crippen molar-refractivity contribution in [2.75, 3.05) is 0 Å². The first-order valence-electron chi connectivity index (χ1n) is 7.20. The number of benzene rings is 1. The highest BCUT2D eigenvalue weighted by atomic mass is 32.1. The summed E-state index contributed by atoms with van der Waals surface area (Å²) < 4.78 is 0. The van der Waals surface area contributed by atoms with Crippen LogP contribution < -0.4 is 0 Å². The maximum Gasteiger partial charge on any atom is 0.303 e. The Hall–Kier alpha value is -2.11. The van der Waals surface area contributed by atoms with Gasteiger partial charge in [-0.25, -0.2) is 0 Å². The largest absolute Gasteiger partial charge is 0.481 e.